The molecule has 0 unspecified atom stereocenters. The van der Waals surface area contributed by atoms with E-state index < -0.39 is 47.0 Å². The summed E-state index contributed by atoms with van der Waals surface area (Å²) in [5.41, 5.74) is -3.45. The fourth-order valence-corrected chi connectivity index (χ4v) is 2.90. The molecule has 3 rings (SSSR count). The molecule has 33 heavy (non-hydrogen) atoms. The van der Waals surface area contributed by atoms with Crippen LogP contribution in [0.4, 0.5) is 17.6 Å². The highest BCUT2D eigenvalue weighted by Crippen LogP contribution is 2.29. The Hall–Kier alpha value is -3.80. The number of methoxy groups -OCH3 is 1. The van der Waals surface area contributed by atoms with Gasteiger partial charge in [-0.25, -0.2) is 9.18 Å². The molecule has 0 fully saturated rings. The predicted octanol–water partition coefficient (Wildman–Crippen LogP) is 1.98. The van der Waals surface area contributed by atoms with Crippen LogP contribution < -0.4 is 16.6 Å². The number of halogens is 4. The molecule has 1 aromatic heterocycles. The molecule has 3 aromatic rings. The van der Waals surface area contributed by atoms with Gasteiger partial charge in [-0.15, -0.1) is 0 Å². The molecule has 0 radical (unpaired) electrons. The molecule has 174 valence electrons. The molecule has 0 bridgehead atoms. The van der Waals surface area contributed by atoms with Gasteiger partial charge in [0.25, 0.3) is 11.5 Å². The number of nitrogens with zero attached hydrogens (tertiary/aromatic N) is 3. The maximum absolute atomic E-state index is 13.7. The summed E-state index contributed by atoms with van der Waals surface area (Å²) in [6.45, 7) is -0.241. The lowest BCUT2D eigenvalue weighted by Gasteiger charge is -2.13. The third-order valence-electron chi connectivity index (χ3n) is 4.54. The number of hydrogen-bond acceptors (Lipinski definition) is 5. The smallest absolute Gasteiger partial charge is 0.383 e. The number of carbonyl (C=O) groups excluding carboxylic acids is 1. The van der Waals surface area contributed by atoms with Gasteiger partial charge in [-0.2, -0.15) is 23.0 Å². The summed E-state index contributed by atoms with van der Waals surface area (Å²) in [5, 5.41) is 6.22. The van der Waals surface area contributed by atoms with E-state index in [1.807, 2.05) is 0 Å². The first-order chi connectivity index (χ1) is 15.6. The van der Waals surface area contributed by atoms with Crippen molar-refractivity contribution >= 4 is 5.91 Å². The predicted molar refractivity (Wildman–Crippen MR) is 109 cm³/mol. The molecule has 1 heterocycles. The Morgan fingerprint density at radius 1 is 1.12 bits per heavy atom. The van der Waals surface area contributed by atoms with Gasteiger partial charge in [0.1, 0.15) is 5.82 Å². The Balaban J connectivity index is 2.10. The van der Waals surface area contributed by atoms with E-state index >= 15 is 0 Å². The quantitative estimate of drug-likeness (QED) is 0.425. The third-order valence-corrected chi connectivity index (χ3v) is 4.54. The van der Waals surface area contributed by atoms with E-state index in [0.717, 1.165) is 36.4 Å². The van der Waals surface area contributed by atoms with Gasteiger partial charge in [0.2, 0.25) is 5.69 Å². The number of alkyl halides is 3. The number of carbonyl (C=O) groups is 1. The first kappa shape index (κ1) is 23.9. The number of benzene rings is 2. The molecular weight excluding hydrogens is 448 g/mol. The van der Waals surface area contributed by atoms with E-state index in [2.05, 4.69) is 10.4 Å². The summed E-state index contributed by atoms with van der Waals surface area (Å²) < 4.78 is 58.3. The molecule has 1 amide bonds. The van der Waals surface area contributed by atoms with Crippen molar-refractivity contribution in [1.29, 1.82) is 0 Å². The maximum Gasteiger partial charge on any atom is 0.416 e. The Bertz CT molecular complexity index is 1270. The second-order valence-corrected chi connectivity index (χ2v) is 6.86. The van der Waals surface area contributed by atoms with Crippen LogP contribution in [0.25, 0.3) is 5.69 Å². The summed E-state index contributed by atoms with van der Waals surface area (Å²) in [4.78, 5) is 38.4. The number of ether oxygens (including phenoxy) is 1. The highest BCUT2D eigenvalue weighted by molar-refractivity contribution is 5.91. The lowest BCUT2D eigenvalue weighted by Crippen LogP contribution is -2.46. The van der Waals surface area contributed by atoms with Crippen LogP contribution in [-0.4, -0.2) is 40.5 Å². The largest absolute Gasteiger partial charge is 0.416 e. The zero-order chi connectivity index (χ0) is 24.2. The van der Waals surface area contributed by atoms with Gasteiger partial charge >= 0.3 is 11.9 Å². The number of nitrogens with one attached hydrogen (secondary N) is 1. The van der Waals surface area contributed by atoms with Crippen molar-refractivity contribution in [3.8, 4) is 5.69 Å². The monoisotopic (exact) mass is 466 g/mol. The summed E-state index contributed by atoms with van der Waals surface area (Å²) in [6, 6.07) is 8.61. The zero-order valence-electron chi connectivity index (χ0n) is 17.2. The van der Waals surface area contributed by atoms with Crippen LogP contribution in [0, 0.1) is 5.82 Å². The molecule has 0 atom stereocenters. The standard InChI is InChI=1S/C21H18F4N4O4/c1-33-10-9-26-18(30)17-19(31)28(12-13-5-7-14(8-6-13)21(23,24)25)20(32)29(27-17)16-4-2-3-15(22)11-16/h2-8,11H,9-10,12H2,1H3,(H,26,30). The molecule has 0 saturated heterocycles. The second kappa shape index (κ2) is 9.77. The SMILES string of the molecule is COCCNC(=O)c1nn(-c2cccc(F)c2)c(=O)n(Cc2ccc(C(F)(F)F)cc2)c1=O. The fraction of sp³-hybridized carbons (Fsp3) is 0.238. The Morgan fingerprint density at radius 3 is 2.42 bits per heavy atom. The van der Waals surface area contributed by atoms with E-state index in [-0.39, 0.29) is 24.4 Å². The minimum absolute atomic E-state index is 0.0490. The van der Waals surface area contributed by atoms with E-state index in [9.17, 15) is 31.9 Å². The summed E-state index contributed by atoms with van der Waals surface area (Å²) in [7, 11) is 1.41. The minimum Gasteiger partial charge on any atom is -0.383 e. The molecule has 2 aromatic carbocycles. The van der Waals surface area contributed by atoms with Crippen molar-refractivity contribution in [2.45, 2.75) is 12.7 Å². The lowest BCUT2D eigenvalue weighted by molar-refractivity contribution is -0.137. The van der Waals surface area contributed by atoms with Crippen LogP contribution in [0.5, 0.6) is 0 Å². The number of aromatic nitrogens is 3. The lowest BCUT2D eigenvalue weighted by atomic mass is 10.1. The van der Waals surface area contributed by atoms with Gasteiger partial charge in [-0.1, -0.05) is 18.2 Å². The first-order valence-corrected chi connectivity index (χ1v) is 9.55. The molecule has 0 aliphatic rings. The van der Waals surface area contributed by atoms with Crippen molar-refractivity contribution in [2.24, 2.45) is 0 Å². The van der Waals surface area contributed by atoms with Crippen LogP contribution >= 0.6 is 0 Å². The van der Waals surface area contributed by atoms with Gasteiger partial charge in [0, 0.05) is 13.7 Å². The van der Waals surface area contributed by atoms with Crippen LogP contribution in [0.3, 0.4) is 0 Å². The Labute approximate surface area is 184 Å². The Kier molecular flexibility index (Phi) is 7.07. The van der Waals surface area contributed by atoms with Crippen molar-refractivity contribution in [2.75, 3.05) is 20.3 Å². The van der Waals surface area contributed by atoms with Gasteiger partial charge in [0.15, 0.2) is 0 Å². The van der Waals surface area contributed by atoms with E-state index in [1.165, 1.54) is 19.2 Å². The number of amides is 1. The normalized spacial score (nSPS) is 11.4. The van der Waals surface area contributed by atoms with Crippen molar-refractivity contribution in [3.63, 3.8) is 0 Å². The van der Waals surface area contributed by atoms with E-state index in [4.69, 9.17) is 4.74 Å². The molecule has 0 saturated carbocycles. The highest BCUT2D eigenvalue weighted by atomic mass is 19.4. The van der Waals surface area contributed by atoms with Crippen LogP contribution in [0.15, 0.2) is 58.1 Å². The third kappa shape index (κ3) is 5.52. The van der Waals surface area contributed by atoms with Crippen LogP contribution in [0.2, 0.25) is 0 Å². The molecule has 0 aliphatic heterocycles. The topological polar surface area (TPSA) is 95.2 Å². The second-order valence-electron chi connectivity index (χ2n) is 6.86. The molecule has 8 nitrogen and oxygen atoms in total. The van der Waals surface area contributed by atoms with Crippen molar-refractivity contribution in [3.05, 3.63) is 92.0 Å². The maximum atomic E-state index is 13.7. The zero-order valence-corrected chi connectivity index (χ0v) is 17.2. The van der Waals surface area contributed by atoms with Crippen LogP contribution in [0.1, 0.15) is 21.6 Å². The Morgan fingerprint density at radius 2 is 1.82 bits per heavy atom. The van der Waals surface area contributed by atoms with Crippen molar-refractivity contribution < 1.29 is 27.1 Å². The number of hydrogen-bond donors (Lipinski definition) is 1. The molecule has 0 spiro atoms. The number of rotatable bonds is 7. The van der Waals surface area contributed by atoms with E-state index in [1.54, 1.807) is 0 Å². The fourth-order valence-electron chi connectivity index (χ4n) is 2.90. The van der Waals surface area contributed by atoms with Crippen LogP contribution in [-0.2, 0) is 17.5 Å². The summed E-state index contributed by atoms with van der Waals surface area (Å²) >= 11 is 0. The van der Waals surface area contributed by atoms with Gasteiger partial charge in [-0.3, -0.25) is 14.2 Å². The average molecular weight is 466 g/mol. The average Bonchev–Trinajstić information content (AvgIpc) is 2.76. The summed E-state index contributed by atoms with van der Waals surface area (Å²) in [6.07, 6.45) is -4.55. The highest BCUT2D eigenvalue weighted by Gasteiger charge is 2.30. The van der Waals surface area contributed by atoms with E-state index in [0.29, 0.717) is 9.25 Å². The van der Waals surface area contributed by atoms with Gasteiger partial charge in [-0.05, 0) is 35.9 Å². The molecule has 0 aliphatic carbocycles. The molecule has 1 N–H and O–H groups in total. The van der Waals surface area contributed by atoms with Crippen molar-refractivity contribution in [1.82, 2.24) is 19.7 Å². The summed E-state index contributed by atoms with van der Waals surface area (Å²) in [5.74, 6) is -1.59. The van der Waals surface area contributed by atoms with Gasteiger partial charge in [0.05, 0.1) is 24.4 Å². The van der Waals surface area contributed by atoms with Gasteiger partial charge < -0.3 is 10.1 Å². The molecular formula is C21H18F4N4O4. The minimum atomic E-state index is -4.55. The first-order valence-electron chi connectivity index (χ1n) is 9.55. The molecule has 12 heteroatoms.